The van der Waals surface area contributed by atoms with Crippen molar-refractivity contribution in [1.82, 2.24) is 20.3 Å². The third-order valence-corrected chi connectivity index (χ3v) is 6.47. The van der Waals surface area contributed by atoms with Crippen LogP contribution in [-0.2, 0) is 16.1 Å². The fraction of sp³-hybridized carbons (Fsp3) is 0.259. The van der Waals surface area contributed by atoms with Crippen molar-refractivity contribution in [3.05, 3.63) is 90.0 Å². The van der Waals surface area contributed by atoms with E-state index < -0.39 is 29.5 Å². The largest absolute Gasteiger partial charge is 0.351 e. The molecule has 1 unspecified atom stereocenters. The minimum Gasteiger partial charge on any atom is -0.351 e. The number of aromatic nitrogens is 3. The molecule has 0 saturated heterocycles. The molecule has 1 atom stereocenters. The van der Waals surface area contributed by atoms with E-state index in [1.165, 1.54) is 41.1 Å². The highest BCUT2D eigenvalue weighted by Gasteiger charge is 2.36. The lowest BCUT2D eigenvalue weighted by Crippen LogP contribution is -2.47. The monoisotopic (exact) mass is 489 g/mol. The fourth-order valence-electron chi connectivity index (χ4n) is 4.75. The Hall–Kier alpha value is -4.14. The van der Waals surface area contributed by atoms with Gasteiger partial charge in [0.25, 0.3) is 0 Å². The summed E-state index contributed by atoms with van der Waals surface area (Å²) in [4.78, 5) is 28.7. The van der Waals surface area contributed by atoms with Gasteiger partial charge in [-0.05, 0) is 49.2 Å². The van der Waals surface area contributed by atoms with E-state index in [0.29, 0.717) is 11.0 Å². The molecule has 9 heteroatoms. The zero-order valence-electron chi connectivity index (χ0n) is 19.5. The lowest BCUT2D eigenvalue weighted by molar-refractivity contribution is -0.127. The van der Waals surface area contributed by atoms with Crippen LogP contribution < -0.4 is 10.2 Å². The number of hydrogen-bond donors (Lipinski definition) is 1. The molecule has 3 aromatic carbocycles. The number of anilines is 1. The van der Waals surface area contributed by atoms with Crippen molar-refractivity contribution in [3.8, 4) is 0 Å². The normalized spacial score (nSPS) is 14.6. The molecule has 36 heavy (non-hydrogen) atoms. The molecule has 1 aliphatic rings. The summed E-state index contributed by atoms with van der Waals surface area (Å²) in [6.07, 6.45) is 3.60. The lowest BCUT2D eigenvalue weighted by Gasteiger charge is -2.32. The van der Waals surface area contributed by atoms with Gasteiger partial charge in [-0.1, -0.05) is 54.5 Å². The summed E-state index contributed by atoms with van der Waals surface area (Å²) >= 11 is 0. The van der Waals surface area contributed by atoms with E-state index in [-0.39, 0.29) is 23.8 Å². The van der Waals surface area contributed by atoms with Gasteiger partial charge >= 0.3 is 0 Å². The van der Waals surface area contributed by atoms with Gasteiger partial charge in [0.1, 0.15) is 29.7 Å². The van der Waals surface area contributed by atoms with Crippen molar-refractivity contribution >= 4 is 28.5 Å². The van der Waals surface area contributed by atoms with Crippen molar-refractivity contribution in [1.29, 1.82) is 0 Å². The SMILES string of the molecule is O=C(NC1CCCC1)C(c1ccccc1F)N(C(=O)Cn1nnc2ccccc21)c1cccc(F)c1. The molecule has 0 radical (unpaired) electrons. The number of halogens is 2. The van der Waals surface area contributed by atoms with Gasteiger partial charge in [0.05, 0.1) is 5.52 Å². The number of benzene rings is 3. The number of rotatable bonds is 7. The summed E-state index contributed by atoms with van der Waals surface area (Å²) in [7, 11) is 0. The molecule has 1 aliphatic carbocycles. The topological polar surface area (TPSA) is 80.1 Å². The van der Waals surface area contributed by atoms with Gasteiger partial charge in [-0.25, -0.2) is 13.5 Å². The van der Waals surface area contributed by atoms with Gasteiger partial charge in [-0.3, -0.25) is 14.5 Å². The Balaban J connectivity index is 1.59. The van der Waals surface area contributed by atoms with Crippen LogP contribution in [0.4, 0.5) is 14.5 Å². The van der Waals surface area contributed by atoms with Crippen LogP contribution in [0, 0.1) is 11.6 Å². The molecule has 1 fully saturated rings. The molecular weight excluding hydrogens is 464 g/mol. The van der Waals surface area contributed by atoms with E-state index in [4.69, 9.17) is 0 Å². The lowest BCUT2D eigenvalue weighted by atomic mass is 10.0. The van der Waals surface area contributed by atoms with Crippen molar-refractivity contribution < 1.29 is 18.4 Å². The summed E-state index contributed by atoms with van der Waals surface area (Å²) in [6, 6.07) is 16.9. The van der Waals surface area contributed by atoms with Crippen LogP contribution in [0.1, 0.15) is 37.3 Å². The molecule has 7 nitrogen and oxygen atoms in total. The highest BCUT2D eigenvalue weighted by Crippen LogP contribution is 2.31. The van der Waals surface area contributed by atoms with E-state index in [1.54, 1.807) is 24.3 Å². The van der Waals surface area contributed by atoms with E-state index in [2.05, 4.69) is 15.6 Å². The summed E-state index contributed by atoms with van der Waals surface area (Å²) in [5, 5.41) is 11.1. The van der Waals surface area contributed by atoms with Crippen molar-refractivity contribution in [2.75, 3.05) is 4.90 Å². The van der Waals surface area contributed by atoms with Crippen LogP contribution in [0.5, 0.6) is 0 Å². The number of nitrogens with zero attached hydrogens (tertiary/aromatic N) is 4. The molecule has 4 aromatic rings. The fourth-order valence-corrected chi connectivity index (χ4v) is 4.75. The van der Waals surface area contributed by atoms with Crippen LogP contribution in [0.25, 0.3) is 11.0 Å². The maximum atomic E-state index is 15.1. The molecule has 1 N–H and O–H groups in total. The predicted molar refractivity (Wildman–Crippen MR) is 131 cm³/mol. The maximum Gasteiger partial charge on any atom is 0.249 e. The molecule has 2 amide bonds. The average molecular weight is 490 g/mol. The summed E-state index contributed by atoms with van der Waals surface area (Å²) < 4.78 is 30.8. The minimum absolute atomic E-state index is 0.0223. The van der Waals surface area contributed by atoms with E-state index in [1.807, 2.05) is 6.07 Å². The van der Waals surface area contributed by atoms with Gasteiger partial charge < -0.3 is 5.32 Å². The third kappa shape index (κ3) is 4.82. The Labute approximate surface area is 206 Å². The molecule has 1 aromatic heterocycles. The van der Waals surface area contributed by atoms with Crippen LogP contribution in [-0.4, -0.2) is 32.9 Å². The maximum absolute atomic E-state index is 15.1. The van der Waals surface area contributed by atoms with E-state index in [0.717, 1.165) is 36.6 Å². The van der Waals surface area contributed by atoms with E-state index >= 15 is 4.39 Å². The number of hydrogen-bond acceptors (Lipinski definition) is 4. The van der Waals surface area contributed by atoms with Crippen molar-refractivity contribution in [3.63, 3.8) is 0 Å². The third-order valence-electron chi connectivity index (χ3n) is 6.47. The molecule has 0 spiro atoms. The Bertz CT molecular complexity index is 1400. The quantitative estimate of drug-likeness (QED) is 0.413. The Morgan fingerprint density at radius 1 is 1.00 bits per heavy atom. The molecule has 5 rings (SSSR count). The number of carbonyl (C=O) groups excluding carboxylic acids is 2. The predicted octanol–water partition coefficient (Wildman–Crippen LogP) is 4.54. The number of amides is 2. The molecule has 1 heterocycles. The first-order chi connectivity index (χ1) is 17.5. The summed E-state index contributed by atoms with van der Waals surface area (Å²) in [6.45, 7) is -0.279. The van der Waals surface area contributed by atoms with Crippen LogP contribution in [0.15, 0.2) is 72.8 Å². The standard InChI is InChI=1S/C27H25F2N5O2/c28-18-8-7-11-20(16-18)34(25(35)17-33-24-15-6-5-14-23(24)31-32-33)26(21-12-3-4-13-22(21)29)27(36)30-19-9-1-2-10-19/h3-8,11-16,19,26H,1-2,9-10,17H2,(H,30,36). The summed E-state index contributed by atoms with van der Waals surface area (Å²) in [5.41, 5.74) is 1.39. The molecule has 0 bridgehead atoms. The molecular formula is C27H25F2N5O2. The highest BCUT2D eigenvalue weighted by molar-refractivity contribution is 6.01. The first-order valence-corrected chi connectivity index (χ1v) is 11.9. The van der Waals surface area contributed by atoms with E-state index in [9.17, 15) is 14.0 Å². The Morgan fingerprint density at radius 2 is 1.75 bits per heavy atom. The first-order valence-electron chi connectivity index (χ1n) is 11.9. The van der Waals surface area contributed by atoms with Gasteiger partial charge in [0, 0.05) is 17.3 Å². The number of nitrogens with one attached hydrogen (secondary N) is 1. The van der Waals surface area contributed by atoms with Gasteiger partial charge in [0.15, 0.2) is 0 Å². The van der Waals surface area contributed by atoms with Crippen LogP contribution >= 0.6 is 0 Å². The van der Waals surface area contributed by atoms with Crippen LogP contribution in [0.2, 0.25) is 0 Å². The van der Waals surface area contributed by atoms with Gasteiger partial charge in [0.2, 0.25) is 11.8 Å². The second kappa shape index (κ2) is 10.2. The number of para-hydroxylation sites is 1. The second-order valence-corrected chi connectivity index (χ2v) is 8.89. The van der Waals surface area contributed by atoms with Crippen molar-refractivity contribution in [2.45, 2.75) is 44.3 Å². The Kier molecular flexibility index (Phi) is 6.71. The molecule has 184 valence electrons. The zero-order valence-corrected chi connectivity index (χ0v) is 19.5. The number of fused-ring (bicyclic) bond motifs is 1. The smallest absolute Gasteiger partial charge is 0.249 e. The van der Waals surface area contributed by atoms with Crippen LogP contribution in [0.3, 0.4) is 0 Å². The van der Waals surface area contributed by atoms with Gasteiger partial charge in [-0.2, -0.15) is 0 Å². The highest BCUT2D eigenvalue weighted by atomic mass is 19.1. The minimum atomic E-state index is -1.35. The Morgan fingerprint density at radius 3 is 2.53 bits per heavy atom. The number of carbonyl (C=O) groups is 2. The summed E-state index contributed by atoms with van der Waals surface area (Å²) in [5.74, 6) is -2.30. The zero-order chi connectivity index (χ0) is 25.1. The molecule has 0 aliphatic heterocycles. The van der Waals surface area contributed by atoms with Gasteiger partial charge in [-0.15, -0.1) is 5.10 Å². The second-order valence-electron chi connectivity index (χ2n) is 8.89. The average Bonchev–Trinajstić information content (AvgIpc) is 3.53. The molecule has 1 saturated carbocycles. The van der Waals surface area contributed by atoms with Crippen molar-refractivity contribution in [2.24, 2.45) is 0 Å². The first kappa shape index (κ1) is 23.6.